The van der Waals surface area contributed by atoms with Gasteiger partial charge in [0.1, 0.15) is 5.84 Å². The van der Waals surface area contributed by atoms with E-state index < -0.39 is 11.9 Å². The first-order chi connectivity index (χ1) is 20.3. The Morgan fingerprint density at radius 3 is 2.88 bits per heavy atom. The van der Waals surface area contributed by atoms with E-state index in [4.69, 9.17) is 10.7 Å². The highest BCUT2D eigenvalue weighted by Gasteiger charge is 2.55. The largest absolute Gasteiger partial charge is 0.387 e. The summed E-state index contributed by atoms with van der Waals surface area (Å²) in [5, 5.41) is 15.5. The van der Waals surface area contributed by atoms with Gasteiger partial charge in [-0.1, -0.05) is 33.1 Å². The van der Waals surface area contributed by atoms with Crippen LogP contribution in [0.5, 0.6) is 0 Å². The van der Waals surface area contributed by atoms with Gasteiger partial charge in [-0.05, 0) is 74.5 Å². The lowest BCUT2D eigenvalue weighted by Gasteiger charge is -2.34. The minimum Gasteiger partial charge on any atom is -0.387 e. The molecule has 8 unspecified atom stereocenters. The van der Waals surface area contributed by atoms with E-state index in [-0.39, 0.29) is 40.9 Å². The average Bonchev–Trinajstić information content (AvgIpc) is 3.53. The van der Waals surface area contributed by atoms with Crippen molar-refractivity contribution in [3.05, 3.63) is 35.8 Å². The van der Waals surface area contributed by atoms with E-state index in [2.05, 4.69) is 47.3 Å². The van der Waals surface area contributed by atoms with Crippen molar-refractivity contribution in [3.8, 4) is 0 Å². The number of amidine groups is 1. The Labute approximate surface area is 253 Å². The first-order valence-electron chi connectivity index (χ1n) is 16.1. The van der Waals surface area contributed by atoms with Crippen molar-refractivity contribution < 1.29 is 14.3 Å². The van der Waals surface area contributed by atoms with Gasteiger partial charge >= 0.3 is 0 Å². The summed E-state index contributed by atoms with van der Waals surface area (Å²) in [7, 11) is 0. The number of anilines is 2. The SMILES string of the molecule is CCC1CCCCN(c2ccc3cc2C(O)CSC2CC4CC2C(N=C2CCC(C)C(=N/C=C/2F)N3)C4C(N)=O)CC1. The predicted octanol–water partition coefficient (Wildman–Crippen LogP) is 6.24. The summed E-state index contributed by atoms with van der Waals surface area (Å²) >= 11 is 1.78. The molecule has 7 nitrogen and oxygen atoms in total. The van der Waals surface area contributed by atoms with Crippen molar-refractivity contribution in [1.29, 1.82) is 0 Å². The Kier molecular flexibility index (Phi) is 8.96. The van der Waals surface area contributed by atoms with Gasteiger partial charge in [0.15, 0.2) is 5.83 Å². The number of hydrogen-bond acceptors (Lipinski definition) is 7. The van der Waals surface area contributed by atoms with Crippen molar-refractivity contribution in [2.45, 2.75) is 89.0 Å². The van der Waals surface area contributed by atoms with Crippen molar-refractivity contribution in [1.82, 2.24) is 0 Å². The van der Waals surface area contributed by atoms with Crippen LogP contribution in [-0.2, 0) is 4.79 Å². The van der Waals surface area contributed by atoms with Crippen LogP contribution >= 0.6 is 11.8 Å². The first kappa shape index (κ1) is 29.7. The lowest BCUT2D eigenvalue weighted by Crippen LogP contribution is -2.41. The van der Waals surface area contributed by atoms with Gasteiger partial charge in [-0.3, -0.25) is 9.79 Å². The molecule has 1 saturated heterocycles. The number of hydrogen-bond donors (Lipinski definition) is 3. The predicted molar refractivity (Wildman–Crippen MR) is 171 cm³/mol. The van der Waals surface area contributed by atoms with E-state index in [1.165, 1.54) is 31.9 Å². The molecule has 4 heterocycles. The van der Waals surface area contributed by atoms with E-state index in [1.807, 2.05) is 0 Å². The molecule has 4 N–H and O–H groups in total. The number of halogens is 1. The molecule has 1 aromatic rings. The highest BCUT2D eigenvalue weighted by Crippen LogP contribution is 2.54. The smallest absolute Gasteiger partial charge is 0.222 e. The second-order valence-electron chi connectivity index (χ2n) is 13.2. The maximum atomic E-state index is 15.5. The zero-order chi connectivity index (χ0) is 29.4. The number of primary amides is 1. The number of nitrogens with one attached hydrogen (secondary N) is 1. The lowest BCUT2D eigenvalue weighted by molar-refractivity contribution is -0.123. The van der Waals surface area contributed by atoms with E-state index in [0.717, 1.165) is 55.2 Å². The van der Waals surface area contributed by atoms with Crippen molar-refractivity contribution >= 4 is 40.6 Å². The number of carbonyl (C=O) groups excluding carboxylic acids is 1. The van der Waals surface area contributed by atoms with Crippen molar-refractivity contribution in [2.75, 3.05) is 29.1 Å². The third-order valence-corrected chi connectivity index (χ3v) is 12.0. The number of nitrogens with two attached hydrogens (primary N) is 1. The van der Waals surface area contributed by atoms with Gasteiger partial charge in [0.05, 0.1) is 30.0 Å². The summed E-state index contributed by atoms with van der Waals surface area (Å²) in [5.41, 5.74) is 9.19. The second kappa shape index (κ2) is 12.7. The van der Waals surface area contributed by atoms with E-state index >= 15 is 4.39 Å². The fourth-order valence-corrected chi connectivity index (χ4v) is 9.57. The summed E-state index contributed by atoms with van der Waals surface area (Å²) in [6, 6.07) is 5.98. The minimum absolute atomic E-state index is 0.0520. The van der Waals surface area contributed by atoms with Crippen molar-refractivity contribution in [2.24, 2.45) is 45.3 Å². The number of rotatable bonds is 3. The van der Waals surface area contributed by atoms with Gasteiger partial charge in [0, 0.05) is 46.9 Å². The molecule has 6 bridgehead atoms. The quantitative estimate of drug-likeness (QED) is 0.384. The number of benzene rings is 1. The highest BCUT2D eigenvalue weighted by molar-refractivity contribution is 7.99. The molecule has 1 aromatic carbocycles. The Balaban J connectivity index is 1.38. The van der Waals surface area contributed by atoms with Crippen LogP contribution in [-0.4, -0.2) is 52.7 Å². The molecular formula is C33H46FN5O2S. The third-order valence-electron chi connectivity index (χ3n) is 10.6. The molecule has 42 heavy (non-hydrogen) atoms. The number of allylic oxidation sites excluding steroid dienone is 1. The molecule has 0 radical (unpaired) electrons. The van der Waals surface area contributed by atoms with Crippen LogP contribution in [0.4, 0.5) is 15.8 Å². The van der Waals surface area contributed by atoms with Gasteiger partial charge < -0.3 is 21.1 Å². The molecule has 8 atom stereocenters. The van der Waals surface area contributed by atoms with E-state index in [9.17, 15) is 9.90 Å². The maximum absolute atomic E-state index is 15.5. The van der Waals surface area contributed by atoms with Crippen LogP contribution in [0.25, 0.3) is 0 Å². The molecule has 0 spiro atoms. The molecule has 6 aliphatic rings. The Morgan fingerprint density at radius 1 is 1.21 bits per heavy atom. The molecule has 7 rings (SSSR count). The summed E-state index contributed by atoms with van der Waals surface area (Å²) in [4.78, 5) is 24.5. The van der Waals surface area contributed by atoms with Crippen LogP contribution in [0.15, 0.2) is 40.2 Å². The number of fused-ring (bicyclic) bond motifs is 6. The summed E-state index contributed by atoms with van der Waals surface area (Å²) < 4.78 is 15.5. The molecule has 1 amide bonds. The Bertz CT molecular complexity index is 1270. The minimum atomic E-state index is -0.640. The number of aliphatic imine (C=N–C) groups is 2. The van der Waals surface area contributed by atoms with Crippen LogP contribution in [0, 0.1) is 29.6 Å². The number of nitrogens with zero attached hydrogens (tertiary/aromatic N) is 3. The molecular weight excluding hydrogens is 549 g/mol. The molecule has 9 heteroatoms. The monoisotopic (exact) mass is 595 g/mol. The number of aliphatic hydroxyl groups excluding tert-OH is 1. The summed E-state index contributed by atoms with van der Waals surface area (Å²) in [6.07, 6.45) is 9.66. The summed E-state index contributed by atoms with van der Waals surface area (Å²) in [5.74, 6) is 1.25. The number of amides is 1. The average molecular weight is 596 g/mol. The number of aliphatic hydroxyl groups is 1. The van der Waals surface area contributed by atoms with Crippen LogP contribution < -0.4 is 16.0 Å². The maximum Gasteiger partial charge on any atom is 0.222 e. The molecule has 4 aliphatic heterocycles. The highest BCUT2D eigenvalue weighted by atomic mass is 32.2. The standard InChI is InChI=1S/C33H46FN5O2S/c1-3-20-6-4-5-12-39(13-11-20)27-10-8-22-16-23(27)28(40)18-42-29-15-21-14-24(29)31(30(21)32(35)41)38-26-9-7-19(2)33(37-22)36-17-25(26)34/h8,10,16-17,19-21,24,28-31,40H,3-7,9,11-15,18H2,1-2H3,(H2,35,41)(H,36,37)/b25-17-,38-26?. The molecule has 2 saturated carbocycles. The summed E-state index contributed by atoms with van der Waals surface area (Å²) in [6.45, 7) is 6.37. The molecule has 228 valence electrons. The van der Waals surface area contributed by atoms with Crippen LogP contribution in [0.1, 0.15) is 83.3 Å². The zero-order valence-electron chi connectivity index (χ0n) is 25.0. The molecule has 0 aromatic heterocycles. The van der Waals surface area contributed by atoms with Gasteiger partial charge in [-0.15, -0.1) is 0 Å². The van der Waals surface area contributed by atoms with Gasteiger partial charge in [0.25, 0.3) is 0 Å². The van der Waals surface area contributed by atoms with Gasteiger partial charge in [-0.25, -0.2) is 9.38 Å². The molecule has 2 aliphatic carbocycles. The lowest BCUT2D eigenvalue weighted by atomic mass is 9.83. The first-order valence-corrected chi connectivity index (χ1v) is 17.1. The fourth-order valence-electron chi connectivity index (χ4n) is 8.05. The van der Waals surface area contributed by atoms with Crippen LogP contribution in [0.2, 0.25) is 0 Å². The zero-order valence-corrected chi connectivity index (χ0v) is 25.8. The van der Waals surface area contributed by atoms with Gasteiger partial charge in [0.2, 0.25) is 5.91 Å². The molecule has 3 fully saturated rings. The van der Waals surface area contributed by atoms with Crippen molar-refractivity contribution in [3.63, 3.8) is 0 Å². The number of carbonyl (C=O) groups is 1. The normalized spacial score (nSPS) is 36.6. The second-order valence-corrected chi connectivity index (χ2v) is 14.4. The Hall–Kier alpha value is -2.39. The number of thioether (sulfide) groups is 1. The van der Waals surface area contributed by atoms with E-state index in [1.54, 1.807) is 11.8 Å². The third kappa shape index (κ3) is 6.01. The Morgan fingerprint density at radius 2 is 2.07 bits per heavy atom. The fraction of sp³-hybridized carbons (Fsp3) is 0.667. The van der Waals surface area contributed by atoms with Crippen LogP contribution in [0.3, 0.4) is 0 Å². The van der Waals surface area contributed by atoms with E-state index in [0.29, 0.717) is 30.1 Å². The van der Waals surface area contributed by atoms with Gasteiger partial charge in [-0.2, -0.15) is 11.8 Å². The topological polar surface area (TPSA) is 103 Å².